The van der Waals surface area contributed by atoms with E-state index in [0.717, 1.165) is 11.1 Å². The summed E-state index contributed by atoms with van der Waals surface area (Å²) >= 11 is 0. The molecule has 0 saturated heterocycles. The fraction of sp³-hybridized carbons (Fsp3) is 0.0833. The topological polar surface area (TPSA) is 64.1 Å². The van der Waals surface area contributed by atoms with Crippen LogP contribution in [0.25, 0.3) is 17.0 Å². The number of carbonyl (C=O) groups excluding carboxylic acids is 1. The predicted molar refractivity (Wildman–Crippen MR) is 114 cm³/mol. The van der Waals surface area contributed by atoms with Crippen molar-refractivity contribution in [2.75, 3.05) is 0 Å². The van der Waals surface area contributed by atoms with Gasteiger partial charge in [-0.3, -0.25) is 9.89 Å². The maximum absolute atomic E-state index is 12.9. The first-order chi connectivity index (χ1) is 14.2. The number of aromatic amines is 1. The van der Waals surface area contributed by atoms with Crippen LogP contribution in [0.1, 0.15) is 21.5 Å². The number of hydrogen-bond acceptors (Lipinski definition) is 3. The molecule has 3 aromatic carbocycles. The minimum Gasteiger partial charge on any atom is -0.457 e. The molecule has 0 aliphatic heterocycles. The summed E-state index contributed by atoms with van der Waals surface area (Å²) in [5.74, 6) is -0.512. The SMILES string of the molecule is O=C(OCc1ccccc1)c1cccc2[nH]n(CC=Cc3ccccc3)c(=O)c12. The van der Waals surface area contributed by atoms with Crippen LogP contribution in [-0.2, 0) is 17.9 Å². The van der Waals surface area contributed by atoms with E-state index in [4.69, 9.17) is 4.74 Å². The number of benzene rings is 3. The van der Waals surface area contributed by atoms with E-state index in [9.17, 15) is 9.59 Å². The van der Waals surface area contributed by atoms with Gasteiger partial charge >= 0.3 is 5.97 Å². The highest BCUT2D eigenvalue weighted by Crippen LogP contribution is 2.16. The zero-order valence-corrected chi connectivity index (χ0v) is 15.7. The van der Waals surface area contributed by atoms with E-state index in [-0.39, 0.29) is 17.7 Å². The fourth-order valence-corrected chi connectivity index (χ4v) is 3.16. The number of nitrogens with zero attached hydrogens (tertiary/aromatic N) is 1. The lowest BCUT2D eigenvalue weighted by Gasteiger charge is -2.05. The molecular formula is C24H20N2O3. The largest absolute Gasteiger partial charge is 0.457 e. The third-order valence-electron chi connectivity index (χ3n) is 4.61. The molecule has 0 aliphatic rings. The molecule has 0 fully saturated rings. The highest BCUT2D eigenvalue weighted by Gasteiger charge is 2.17. The van der Waals surface area contributed by atoms with Crippen LogP contribution in [0.15, 0.2) is 89.7 Å². The van der Waals surface area contributed by atoms with Gasteiger partial charge in [0.2, 0.25) is 0 Å². The molecule has 0 radical (unpaired) electrons. The molecule has 0 spiro atoms. The summed E-state index contributed by atoms with van der Waals surface area (Å²) in [6, 6.07) is 24.4. The molecule has 0 bridgehead atoms. The second-order valence-corrected chi connectivity index (χ2v) is 6.63. The molecule has 144 valence electrons. The summed E-state index contributed by atoms with van der Waals surface area (Å²) < 4.78 is 6.89. The zero-order valence-electron chi connectivity index (χ0n) is 15.7. The van der Waals surface area contributed by atoms with Gasteiger partial charge in [0, 0.05) is 0 Å². The van der Waals surface area contributed by atoms with Crippen molar-refractivity contribution in [1.29, 1.82) is 0 Å². The van der Waals surface area contributed by atoms with Gasteiger partial charge in [-0.1, -0.05) is 78.9 Å². The first-order valence-electron chi connectivity index (χ1n) is 9.36. The van der Waals surface area contributed by atoms with Crippen LogP contribution < -0.4 is 5.56 Å². The Morgan fingerprint density at radius 2 is 1.66 bits per heavy atom. The minimum atomic E-state index is -0.512. The van der Waals surface area contributed by atoms with E-state index < -0.39 is 5.97 Å². The molecule has 0 amide bonds. The van der Waals surface area contributed by atoms with Gasteiger partial charge < -0.3 is 4.74 Å². The number of esters is 1. The number of nitrogens with one attached hydrogen (secondary N) is 1. The molecule has 5 nitrogen and oxygen atoms in total. The van der Waals surface area contributed by atoms with Crippen LogP contribution in [0, 0.1) is 0 Å². The molecule has 5 heteroatoms. The van der Waals surface area contributed by atoms with Crippen LogP contribution in [0.3, 0.4) is 0 Å². The lowest BCUT2D eigenvalue weighted by Crippen LogP contribution is -2.17. The highest BCUT2D eigenvalue weighted by atomic mass is 16.5. The minimum absolute atomic E-state index is 0.161. The van der Waals surface area contributed by atoms with Crippen molar-refractivity contribution >= 4 is 22.9 Å². The molecule has 1 N–H and O–H groups in total. The number of aromatic nitrogens is 2. The van der Waals surface area contributed by atoms with E-state index >= 15 is 0 Å². The Labute approximate surface area is 167 Å². The summed E-state index contributed by atoms with van der Waals surface area (Å²) in [5, 5.41) is 3.41. The van der Waals surface area contributed by atoms with Crippen LogP contribution in [-0.4, -0.2) is 15.7 Å². The lowest BCUT2D eigenvalue weighted by molar-refractivity contribution is 0.0475. The van der Waals surface area contributed by atoms with Crippen molar-refractivity contribution < 1.29 is 9.53 Å². The van der Waals surface area contributed by atoms with Crippen molar-refractivity contribution in [3.8, 4) is 0 Å². The average Bonchev–Trinajstić information content (AvgIpc) is 3.09. The quantitative estimate of drug-likeness (QED) is 0.501. The van der Waals surface area contributed by atoms with Gasteiger partial charge in [-0.15, -0.1) is 0 Å². The number of H-pyrrole nitrogens is 1. The Morgan fingerprint density at radius 3 is 2.41 bits per heavy atom. The second kappa shape index (κ2) is 8.44. The third-order valence-corrected chi connectivity index (χ3v) is 4.61. The van der Waals surface area contributed by atoms with Crippen molar-refractivity contribution in [3.63, 3.8) is 0 Å². The van der Waals surface area contributed by atoms with E-state index in [1.807, 2.05) is 72.8 Å². The van der Waals surface area contributed by atoms with Crippen molar-refractivity contribution in [3.05, 3.63) is 112 Å². The highest BCUT2D eigenvalue weighted by molar-refractivity contribution is 6.03. The smallest absolute Gasteiger partial charge is 0.339 e. The third kappa shape index (κ3) is 4.19. The summed E-state index contributed by atoms with van der Waals surface area (Å²) in [6.07, 6.45) is 3.85. The molecule has 0 saturated carbocycles. The van der Waals surface area contributed by atoms with Crippen LogP contribution in [0.4, 0.5) is 0 Å². The molecule has 1 aromatic heterocycles. The molecule has 4 rings (SSSR count). The molecule has 29 heavy (non-hydrogen) atoms. The van der Waals surface area contributed by atoms with Crippen molar-refractivity contribution in [1.82, 2.24) is 9.78 Å². The summed E-state index contributed by atoms with van der Waals surface area (Å²) in [5.41, 5.74) is 2.58. The Hall–Kier alpha value is -3.86. The first-order valence-corrected chi connectivity index (χ1v) is 9.36. The summed E-state index contributed by atoms with van der Waals surface area (Å²) in [7, 11) is 0. The van der Waals surface area contributed by atoms with E-state index in [1.54, 1.807) is 18.2 Å². The monoisotopic (exact) mass is 384 g/mol. The number of ether oxygens (including phenoxy) is 1. The van der Waals surface area contributed by atoms with Gasteiger partial charge in [0.05, 0.1) is 23.0 Å². The second-order valence-electron chi connectivity index (χ2n) is 6.63. The zero-order chi connectivity index (χ0) is 20.1. The normalized spacial score (nSPS) is 11.2. The fourth-order valence-electron chi connectivity index (χ4n) is 3.16. The van der Waals surface area contributed by atoms with Gasteiger partial charge in [-0.05, 0) is 23.3 Å². The maximum atomic E-state index is 12.9. The van der Waals surface area contributed by atoms with E-state index in [1.165, 1.54) is 4.68 Å². The van der Waals surface area contributed by atoms with Crippen LogP contribution in [0.5, 0.6) is 0 Å². The average molecular weight is 384 g/mol. The molecule has 1 heterocycles. The Kier molecular flexibility index (Phi) is 5.38. The molecular weight excluding hydrogens is 364 g/mol. The van der Waals surface area contributed by atoms with Gasteiger partial charge in [0.1, 0.15) is 6.61 Å². The Bertz CT molecular complexity index is 1210. The Morgan fingerprint density at radius 1 is 0.931 bits per heavy atom. The van der Waals surface area contributed by atoms with Crippen molar-refractivity contribution in [2.45, 2.75) is 13.2 Å². The van der Waals surface area contributed by atoms with Gasteiger partial charge in [0.25, 0.3) is 5.56 Å². The number of allylic oxidation sites excluding steroid dienone is 1. The predicted octanol–water partition coefficient (Wildman–Crippen LogP) is 4.40. The number of fused-ring (bicyclic) bond motifs is 1. The molecule has 0 atom stereocenters. The van der Waals surface area contributed by atoms with Crippen molar-refractivity contribution in [2.24, 2.45) is 0 Å². The summed E-state index contributed by atoms with van der Waals surface area (Å²) in [6.45, 7) is 0.537. The van der Waals surface area contributed by atoms with Gasteiger partial charge in [-0.2, -0.15) is 0 Å². The Balaban J connectivity index is 1.55. The van der Waals surface area contributed by atoms with Crippen LogP contribution in [0.2, 0.25) is 0 Å². The number of rotatable bonds is 6. The van der Waals surface area contributed by atoms with Gasteiger partial charge in [-0.25, -0.2) is 9.48 Å². The van der Waals surface area contributed by atoms with E-state index in [2.05, 4.69) is 5.10 Å². The van der Waals surface area contributed by atoms with E-state index in [0.29, 0.717) is 17.4 Å². The number of carbonyl (C=O) groups is 1. The lowest BCUT2D eigenvalue weighted by atomic mass is 10.1. The maximum Gasteiger partial charge on any atom is 0.339 e. The molecule has 4 aromatic rings. The van der Waals surface area contributed by atoms with Gasteiger partial charge in [0.15, 0.2) is 0 Å². The summed E-state index contributed by atoms with van der Waals surface area (Å²) in [4.78, 5) is 25.5. The first kappa shape index (κ1) is 18.5. The number of hydrogen-bond donors (Lipinski definition) is 1. The van der Waals surface area contributed by atoms with Crippen LogP contribution >= 0.6 is 0 Å². The standard InChI is InChI=1S/C24H20N2O3/c27-23-22-20(24(28)29-17-19-11-5-2-6-12-19)14-7-15-21(22)25-26(23)16-8-13-18-9-3-1-4-10-18/h1-15,25H,16-17H2. The molecule has 0 aliphatic carbocycles. The molecule has 0 unspecified atom stereocenters.